The third-order valence-electron chi connectivity index (χ3n) is 6.62. The summed E-state index contributed by atoms with van der Waals surface area (Å²) in [5, 5.41) is 2.32. The molecule has 1 aliphatic heterocycles. The molecule has 1 amide bonds. The molecule has 6 nitrogen and oxygen atoms in total. The molecule has 2 aromatic carbocycles. The van der Waals surface area contributed by atoms with Gasteiger partial charge in [0.1, 0.15) is 5.82 Å². The highest BCUT2D eigenvalue weighted by atomic mass is 35.5. The molecule has 0 unspecified atom stereocenters. The molecule has 1 aromatic heterocycles. The van der Waals surface area contributed by atoms with Gasteiger partial charge in [-0.05, 0) is 73.6 Å². The fourth-order valence-electron chi connectivity index (χ4n) is 4.55. The predicted molar refractivity (Wildman–Crippen MR) is 131 cm³/mol. The largest absolute Gasteiger partial charge is 0.343 e. The second kappa shape index (κ2) is 10.3. The molecule has 33 heavy (non-hydrogen) atoms. The van der Waals surface area contributed by atoms with Gasteiger partial charge in [0.2, 0.25) is 5.91 Å². The van der Waals surface area contributed by atoms with Crippen LogP contribution in [0.4, 0.5) is 0 Å². The smallest absolute Gasteiger partial charge is 0.223 e. The van der Waals surface area contributed by atoms with E-state index in [0.717, 1.165) is 48.8 Å². The number of piperidine rings is 1. The van der Waals surface area contributed by atoms with Crippen molar-refractivity contribution in [3.8, 4) is 0 Å². The number of amides is 1. The van der Waals surface area contributed by atoms with Crippen molar-refractivity contribution in [3.05, 3.63) is 59.6 Å². The zero-order valence-electron chi connectivity index (χ0n) is 18.9. The van der Waals surface area contributed by atoms with E-state index in [1.54, 1.807) is 30.3 Å². The van der Waals surface area contributed by atoms with E-state index in [9.17, 15) is 13.2 Å². The number of aryl methyl sites for hydroxylation is 2. The third-order valence-corrected chi connectivity index (χ3v) is 8.57. The number of carbonyl (C=O) groups is 1. The fraction of sp³-hybridized carbons (Fsp3) is 0.440. The van der Waals surface area contributed by atoms with E-state index in [0.29, 0.717) is 24.0 Å². The Bertz CT molecular complexity index is 1230. The molecule has 0 bridgehead atoms. The van der Waals surface area contributed by atoms with Crippen molar-refractivity contribution in [1.29, 1.82) is 0 Å². The van der Waals surface area contributed by atoms with Crippen LogP contribution in [0.1, 0.15) is 37.9 Å². The Morgan fingerprint density at radius 3 is 2.58 bits per heavy atom. The molecular formula is C25H30ClN3O3S. The fourth-order valence-corrected chi connectivity index (χ4v) is 5.99. The van der Waals surface area contributed by atoms with Crippen molar-refractivity contribution >= 4 is 38.1 Å². The van der Waals surface area contributed by atoms with E-state index in [-0.39, 0.29) is 23.0 Å². The maximum Gasteiger partial charge on any atom is 0.223 e. The number of aromatic nitrogens is 2. The summed E-state index contributed by atoms with van der Waals surface area (Å²) >= 11 is 6.00. The highest BCUT2D eigenvalue weighted by Gasteiger charge is 2.24. The normalized spacial score (nSPS) is 15.3. The van der Waals surface area contributed by atoms with Gasteiger partial charge in [0.15, 0.2) is 9.84 Å². The summed E-state index contributed by atoms with van der Waals surface area (Å²) in [7, 11) is -3.53. The quantitative estimate of drug-likeness (QED) is 0.454. The van der Waals surface area contributed by atoms with Crippen LogP contribution in [-0.4, -0.2) is 47.6 Å². The average Bonchev–Trinajstić information content (AvgIpc) is 3.22. The van der Waals surface area contributed by atoms with Gasteiger partial charge < -0.3 is 9.47 Å². The van der Waals surface area contributed by atoms with Crippen molar-refractivity contribution in [2.45, 2.75) is 50.5 Å². The highest BCUT2D eigenvalue weighted by Crippen LogP contribution is 2.25. The molecule has 1 fully saturated rings. The Kier molecular flexibility index (Phi) is 7.39. The SMILES string of the molecule is Cc1nccn1CCCC1CCN(C(=O)CCS(=O)(=O)c2ccc3cc(Cl)ccc3c2)CC1. The van der Waals surface area contributed by atoms with Crippen LogP contribution in [0.3, 0.4) is 0 Å². The minimum absolute atomic E-state index is 0.0194. The van der Waals surface area contributed by atoms with Crippen molar-refractivity contribution < 1.29 is 13.2 Å². The standard InChI is InChI=1S/C25H30ClN3O3S/c1-19-27-11-15-28(19)12-2-3-20-8-13-29(14-9-20)25(30)10-16-33(31,32)24-7-5-21-17-23(26)6-4-22(21)18-24/h4-7,11,15,17-18,20H,2-3,8-10,12-14,16H2,1H3. The number of imidazole rings is 1. The second-order valence-corrected chi connectivity index (χ2v) is 11.4. The Morgan fingerprint density at radius 1 is 1.12 bits per heavy atom. The van der Waals surface area contributed by atoms with Gasteiger partial charge in [0, 0.05) is 43.5 Å². The molecule has 0 atom stereocenters. The van der Waals surface area contributed by atoms with Gasteiger partial charge in [-0.2, -0.15) is 0 Å². The van der Waals surface area contributed by atoms with Gasteiger partial charge in [0.25, 0.3) is 0 Å². The molecule has 0 N–H and O–H groups in total. The van der Waals surface area contributed by atoms with Crippen LogP contribution in [0.25, 0.3) is 10.8 Å². The van der Waals surface area contributed by atoms with E-state index in [1.165, 1.54) is 0 Å². The van der Waals surface area contributed by atoms with E-state index in [2.05, 4.69) is 9.55 Å². The van der Waals surface area contributed by atoms with Crippen molar-refractivity contribution in [3.63, 3.8) is 0 Å². The van der Waals surface area contributed by atoms with Crippen LogP contribution in [0, 0.1) is 12.8 Å². The summed E-state index contributed by atoms with van der Waals surface area (Å²) in [5.41, 5.74) is 0. The number of hydrogen-bond acceptors (Lipinski definition) is 4. The number of halogens is 1. The number of sulfone groups is 1. The molecule has 0 saturated carbocycles. The maximum atomic E-state index is 12.8. The Labute approximate surface area is 200 Å². The number of benzene rings is 2. The van der Waals surface area contributed by atoms with Gasteiger partial charge in [-0.15, -0.1) is 0 Å². The second-order valence-electron chi connectivity index (χ2n) is 8.86. The third kappa shape index (κ3) is 5.95. The van der Waals surface area contributed by atoms with Gasteiger partial charge in [0.05, 0.1) is 10.6 Å². The van der Waals surface area contributed by atoms with Crippen LogP contribution in [0.5, 0.6) is 0 Å². The zero-order valence-corrected chi connectivity index (χ0v) is 20.5. The highest BCUT2D eigenvalue weighted by molar-refractivity contribution is 7.91. The minimum Gasteiger partial charge on any atom is -0.343 e. The van der Waals surface area contributed by atoms with E-state index >= 15 is 0 Å². The molecular weight excluding hydrogens is 458 g/mol. The molecule has 0 spiro atoms. The number of likely N-dealkylation sites (tertiary alicyclic amines) is 1. The number of fused-ring (bicyclic) bond motifs is 1. The first-order valence-corrected chi connectivity index (χ1v) is 13.5. The molecule has 0 aliphatic carbocycles. The van der Waals surface area contributed by atoms with Gasteiger partial charge in [-0.3, -0.25) is 4.79 Å². The van der Waals surface area contributed by atoms with Gasteiger partial charge in [-0.1, -0.05) is 23.7 Å². The first kappa shape index (κ1) is 23.8. The van der Waals surface area contributed by atoms with E-state index < -0.39 is 9.84 Å². The number of carbonyl (C=O) groups excluding carboxylic acids is 1. The summed E-state index contributed by atoms with van der Waals surface area (Å²) in [6.45, 7) is 4.42. The van der Waals surface area contributed by atoms with Gasteiger partial charge in [-0.25, -0.2) is 13.4 Å². The molecule has 176 valence electrons. The first-order valence-electron chi connectivity index (χ1n) is 11.5. The van der Waals surface area contributed by atoms with Crippen LogP contribution < -0.4 is 0 Å². The van der Waals surface area contributed by atoms with Crippen molar-refractivity contribution in [2.75, 3.05) is 18.8 Å². The molecule has 1 saturated heterocycles. The topological polar surface area (TPSA) is 72.3 Å². The van der Waals surface area contributed by atoms with Crippen LogP contribution in [0.2, 0.25) is 5.02 Å². The summed E-state index contributed by atoms with van der Waals surface area (Å²) in [4.78, 5) is 19.0. The lowest BCUT2D eigenvalue weighted by molar-refractivity contribution is -0.132. The van der Waals surface area contributed by atoms with Crippen molar-refractivity contribution in [2.24, 2.45) is 5.92 Å². The van der Waals surface area contributed by atoms with E-state index in [1.807, 2.05) is 30.3 Å². The molecule has 2 heterocycles. The minimum atomic E-state index is -3.53. The lowest BCUT2D eigenvalue weighted by atomic mass is 9.92. The van der Waals surface area contributed by atoms with Crippen LogP contribution >= 0.6 is 11.6 Å². The van der Waals surface area contributed by atoms with Crippen LogP contribution in [-0.2, 0) is 21.2 Å². The Balaban J connectivity index is 1.24. The lowest BCUT2D eigenvalue weighted by Gasteiger charge is -2.32. The molecule has 4 rings (SSSR count). The Hall–Kier alpha value is -2.38. The molecule has 3 aromatic rings. The van der Waals surface area contributed by atoms with Crippen LogP contribution in [0.15, 0.2) is 53.7 Å². The maximum absolute atomic E-state index is 12.8. The predicted octanol–water partition coefficient (Wildman–Crippen LogP) is 4.88. The number of nitrogens with zero attached hydrogens (tertiary/aromatic N) is 3. The molecule has 0 radical (unpaired) electrons. The lowest BCUT2D eigenvalue weighted by Crippen LogP contribution is -2.39. The zero-order chi connectivity index (χ0) is 23.4. The number of rotatable bonds is 8. The number of hydrogen-bond donors (Lipinski definition) is 0. The van der Waals surface area contributed by atoms with Gasteiger partial charge >= 0.3 is 0 Å². The summed E-state index contributed by atoms with van der Waals surface area (Å²) in [6.07, 6.45) is 8.07. The first-order chi connectivity index (χ1) is 15.8. The molecule has 8 heteroatoms. The average molecular weight is 488 g/mol. The monoisotopic (exact) mass is 487 g/mol. The summed E-state index contributed by atoms with van der Waals surface area (Å²) < 4.78 is 27.8. The van der Waals surface area contributed by atoms with Crippen molar-refractivity contribution in [1.82, 2.24) is 14.5 Å². The Morgan fingerprint density at radius 2 is 1.85 bits per heavy atom. The summed E-state index contributed by atoms with van der Waals surface area (Å²) in [6, 6.07) is 10.4. The van der Waals surface area contributed by atoms with E-state index in [4.69, 9.17) is 11.6 Å². The molecule has 1 aliphatic rings. The summed E-state index contributed by atoms with van der Waals surface area (Å²) in [5.74, 6) is 1.42.